The maximum atomic E-state index is 12.4. The molecule has 0 aliphatic rings. The van der Waals surface area contributed by atoms with Crippen LogP contribution in [0.1, 0.15) is 12.5 Å². The highest BCUT2D eigenvalue weighted by Gasteiger charge is 2.22. The summed E-state index contributed by atoms with van der Waals surface area (Å²) in [4.78, 5) is 12.4. The van der Waals surface area contributed by atoms with Crippen LogP contribution in [0.25, 0.3) is 0 Å². The lowest BCUT2D eigenvalue weighted by Crippen LogP contribution is -2.45. The largest absolute Gasteiger partial charge is 0.497 e. The molecule has 28 heavy (non-hydrogen) atoms. The molecule has 2 rings (SSSR count). The maximum Gasteiger partial charge on any atom is 0.241 e. The van der Waals surface area contributed by atoms with E-state index in [9.17, 15) is 13.2 Å². The van der Waals surface area contributed by atoms with Crippen molar-refractivity contribution in [2.24, 2.45) is 0 Å². The molecule has 0 fully saturated rings. The first kappa shape index (κ1) is 21.6. The number of nitrogens with one attached hydrogen (secondary N) is 1. The van der Waals surface area contributed by atoms with E-state index in [1.54, 1.807) is 63.4 Å². The van der Waals surface area contributed by atoms with Crippen molar-refractivity contribution in [2.75, 3.05) is 30.8 Å². The van der Waals surface area contributed by atoms with Gasteiger partial charge in [-0.05, 0) is 49.7 Å². The summed E-state index contributed by atoms with van der Waals surface area (Å²) in [5, 5.41) is 2.77. The molecule has 8 heteroatoms. The van der Waals surface area contributed by atoms with E-state index in [0.29, 0.717) is 11.4 Å². The molecule has 0 radical (unpaired) electrons. The molecule has 0 unspecified atom stereocenters. The van der Waals surface area contributed by atoms with E-state index in [-0.39, 0.29) is 19.2 Å². The molecular weight excluding hydrogens is 380 g/mol. The summed E-state index contributed by atoms with van der Waals surface area (Å²) < 4.78 is 36.2. The van der Waals surface area contributed by atoms with Crippen LogP contribution < -0.4 is 19.1 Å². The first-order valence-corrected chi connectivity index (χ1v) is 10.6. The molecule has 0 aliphatic heterocycles. The minimum atomic E-state index is -3.60. The Hall–Kier alpha value is -2.74. The van der Waals surface area contributed by atoms with E-state index >= 15 is 0 Å². The molecule has 1 amide bonds. The van der Waals surface area contributed by atoms with Gasteiger partial charge in [-0.15, -0.1) is 0 Å². The number of methoxy groups -OCH3 is 1. The Bertz CT molecular complexity index is 897. The molecule has 152 valence electrons. The highest BCUT2D eigenvalue weighted by molar-refractivity contribution is 7.92. The lowest BCUT2D eigenvalue weighted by molar-refractivity contribution is -0.120. The quantitative estimate of drug-likeness (QED) is 0.691. The van der Waals surface area contributed by atoms with Crippen LogP contribution in [0.5, 0.6) is 11.5 Å². The van der Waals surface area contributed by atoms with Crippen LogP contribution in [-0.4, -0.2) is 46.9 Å². The summed E-state index contributed by atoms with van der Waals surface area (Å²) >= 11 is 0. The normalized spacial score (nSPS) is 12.1. The van der Waals surface area contributed by atoms with E-state index < -0.39 is 15.9 Å². The molecule has 0 bridgehead atoms. The van der Waals surface area contributed by atoms with Gasteiger partial charge < -0.3 is 14.8 Å². The summed E-state index contributed by atoms with van der Waals surface area (Å²) in [6.07, 6.45) is 1.09. The molecule has 2 aromatic rings. The lowest BCUT2D eigenvalue weighted by Gasteiger charge is -2.24. The molecule has 1 N–H and O–H groups in total. The van der Waals surface area contributed by atoms with Gasteiger partial charge in [0.25, 0.3) is 0 Å². The first-order chi connectivity index (χ1) is 13.2. The van der Waals surface area contributed by atoms with Gasteiger partial charge in [0.15, 0.2) is 0 Å². The smallest absolute Gasteiger partial charge is 0.241 e. The van der Waals surface area contributed by atoms with Crippen LogP contribution in [0, 0.1) is 6.92 Å². The van der Waals surface area contributed by atoms with Crippen molar-refractivity contribution in [3.05, 3.63) is 54.1 Å². The summed E-state index contributed by atoms with van der Waals surface area (Å²) in [6, 6.07) is 13.9. The second-order valence-corrected chi connectivity index (χ2v) is 8.42. The number of amides is 1. The van der Waals surface area contributed by atoms with Gasteiger partial charge in [0.05, 0.1) is 25.1 Å². The third-order valence-electron chi connectivity index (χ3n) is 4.04. The number of hydrogen-bond donors (Lipinski definition) is 1. The number of nitrogens with zero attached hydrogens (tertiary/aromatic N) is 1. The summed E-state index contributed by atoms with van der Waals surface area (Å²) in [5.74, 6) is 0.977. The van der Waals surface area contributed by atoms with Crippen molar-refractivity contribution < 1.29 is 22.7 Å². The number of para-hydroxylation sites is 1. The third-order valence-corrected chi connectivity index (χ3v) is 5.16. The minimum absolute atomic E-state index is 0.251. The number of sulfonamides is 1. The second kappa shape index (κ2) is 9.45. The topological polar surface area (TPSA) is 84.9 Å². The molecule has 1 atom stereocenters. The van der Waals surface area contributed by atoms with Gasteiger partial charge in [0.2, 0.25) is 15.9 Å². The van der Waals surface area contributed by atoms with Crippen LogP contribution in [0.2, 0.25) is 0 Å². The zero-order valence-corrected chi connectivity index (χ0v) is 17.3. The van der Waals surface area contributed by atoms with Gasteiger partial charge in [-0.1, -0.05) is 18.2 Å². The van der Waals surface area contributed by atoms with Crippen LogP contribution in [-0.2, 0) is 14.8 Å². The van der Waals surface area contributed by atoms with Gasteiger partial charge in [-0.3, -0.25) is 9.10 Å². The maximum absolute atomic E-state index is 12.4. The molecule has 0 saturated heterocycles. The number of benzene rings is 2. The SMILES string of the molecule is COc1ccc(OC[C@@H](C)NC(=O)CN(c2ccccc2C)S(C)(=O)=O)cc1. The van der Waals surface area contributed by atoms with Crippen molar-refractivity contribution in [2.45, 2.75) is 19.9 Å². The van der Waals surface area contributed by atoms with E-state index in [2.05, 4.69) is 5.32 Å². The average molecular weight is 407 g/mol. The highest BCUT2D eigenvalue weighted by atomic mass is 32.2. The van der Waals surface area contributed by atoms with E-state index in [0.717, 1.165) is 21.9 Å². The summed E-state index contributed by atoms with van der Waals surface area (Å²) in [7, 11) is -2.02. The zero-order chi connectivity index (χ0) is 20.7. The first-order valence-electron chi connectivity index (χ1n) is 8.80. The monoisotopic (exact) mass is 406 g/mol. The van der Waals surface area contributed by atoms with Crippen LogP contribution in [0.4, 0.5) is 5.69 Å². The van der Waals surface area contributed by atoms with Gasteiger partial charge in [0, 0.05) is 0 Å². The Labute approximate surface area is 166 Å². The van der Waals surface area contributed by atoms with Crippen molar-refractivity contribution in [3.63, 3.8) is 0 Å². The van der Waals surface area contributed by atoms with Gasteiger partial charge in [-0.2, -0.15) is 0 Å². The number of carbonyl (C=O) groups excluding carboxylic acids is 1. The molecule has 0 aliphatic carbocycles. The Morgan fingerprint density at radius 3 is 2.29 bits per heavy atom. The lowest BCUT2D eigenvalue weighted by atomic mass is 10.2. The predicted octanol–water partition coefficient (Wildman–Crippen LogP) is 2.35. The number of aryl methyl sites for hydroxylation is 1. The summed E-state index contributed by atoms with van der Waals surface area (Å²) in [6.45, 7) is 3.55. The van der Waals surface area contributed by atoms with Gasteiger partial charge in [-0.25, -0.2) is 8.42 Å². The molecular formula is C20H26N2O5S. The van der Waals surface area contributed by atoms with E-state index in [1.807, 2.05) is 6.07 Å². The Morgan fingerprint density at radius 1 is 1.11 bits per heavy atom. The number of ether oxygens (including phenoxy) is 2. The molecule has 0 heterocycles. The third kappa shape index (κ3) is 6.16. The molecule has 7 nitrogen and oxygen atoms in total. The van der Waals surface area contributed by atoms with E-state index in [4.69, 9.17) is 9.47 Å². The van der Waals surface area contributed by atoms with Crippen molar-refractivity contribution in [1.29, 1.82) is 0 Å². The highest BCUT2D eigenvalue weighted by Crippen LogP contribution is 2.21. The predicted molar refractivity (Wildman–Crippen MR) is 109 cm³/mol. The average Bonchev–Trinajstić information content (AvgIpc) is 2.65. The van der Waals surface area contributed by atoms with Crippen LogP contribution >= 0.6 is 0 Å². The minimum Gasteiger partial charge on any atom is -0.497 e. The van der Waals surface area contributed by atoms with Gasteiger partial charge >= 0.3 is 0 Å². The van der Waals surface area contributed by atoms with Crippen molar-refractivity contribution >= 4 is 21.6 Å². The van der Waals surface area contributed by atoms with Crippen molar-refractivity contribution in [3.8, 4) is 11.5 Å². The van der Waals surface area contributed by atoms with E-state index in [1.165, 1.54) is 0 Å². The molecule has 2 aromatic carbocycles. The fourth-order valence-corrected chi connectivity index (χ4v) is 3.52. The molecule has 0 aromatic heterocycles. The standard InChI is InChI=1S/C20H26N2O5S/c1-15-7-5-6-8-19(15)22(28(4,24)25)13-20(23)21-16(2)14-27-18-11-9-17(26-3)10-12-18/h5-12,16H,13-14H2,1-4H3,(H,21,23)/t16-/m1/s1. The fraction of sp³-hybridized carbons (Fsp3) is 0.350. The number of rotatable bonds is 9. The zero-order valence-electron chi connectivity index (χ0n) is 16.5. The van der Waals surface area contributed by atoms with Crippen molar-refractivity contribution in [1.82, 2.24) is 5.32 Å². The Morgan fingerprint density at radius 2 is 1.71 bits per heavy atom. The van der Waals surface area contributed by atoms with Crippen LogP contribution in [0.15, 0.2) is 48.5 Å². The number of carbonyl (C=O) groups is 1. The number of hydrogen-bond acceptors (Lipinski definition) is 5. The van der Waals surface area contributed by atoms with Gasteiger partial charge in [0.1, 0.15) is 24.7 Å². The molecule has 0 saturated carbocycles. The molecule has 0 spiro atoms. The second-order valence-electron chi connectivity index (χ2n) is 6.51. The fourth-order valence-electron chi connectivity index (χ4n) is 2.61. The van der Waals surface area contributed by atoms with Crippen LogP contribution in [0.3, 0.4) is 0 Å². The Kier molecular flexibility index (Phi) is 7.28. The number of anilines is 1. The summed E-state index contributed by atoms with van der Waals surface area (Å²) in [5.41, 5.74) is 1.26. The Balaban J connectivity index is 1.95.